The lowest BCUT2D eigenvalue weighted by Crippen LogP contribution is -2.31. The first-order valence-electron chi connectivity index (χ1n) is 5.08. The summed E-state index contributed by atoms with van der Waals surface area (Å²) >= 11 is 3.34. The maximum absolute atomic E-state index is 11.7. The summed E-state index contributed by atoms with van der Waals surface area (Å²) in [7, 11) is 3.37. The Hall–Kier alpha value is -0.870. The molecule has 1 rings (SSSR count). The first-order chi connectivity index (χ1) is 7.43. The Balaban J connectivity index is 2.85. The van der Waals surface area contributed by atoms with Crippen LogP contribution < -0.4 is 0 Å². The number of amides is 1. The van der Waals surface area contributed by atoms with Gasteiger partial charge in [0.2, 0.25) is 5.91 Å². The molecular weight excluding hydrogens is 270 g/mol. The Kier molecular flexibility index (Phi) is 4.50. The maximum Gasteiger partial charge on any atom is 0.227 e. The lowest BCUT2D eigenvalue weighted by molar-refractivity contribution is -0.136. The number of hydrogen-bond donors (Lipinski definition) is 1. The molecule has 0 saturated heterocycles. The van der Waals surface area contributed by atoms with Crippen LogP contribution in [0.15, 0.2) is 28.7 Å². The second-order valence-corrected chi connectivity index (χ2v) is 4.94. The van der Waals surface area contributed by atoms with Crippen molar-refractivity contribution in [1.82, 2.24) is 4.90 Å². The molecule has 0 unspecified atom stereocenters. The number of hydrogen-bond acceptors (Lipinski definition) is 2. The molecule has 4 heteroatoms. The summed E-state index contributed by atoms with van der Waals surface area (Å²) in [5.74, 6) is -0.517. The number of benzene rings is 1. The van der Waals surface area contributed by atoms with E-state index in [9.17, 15) is 9.90 Å². The monoisotopic (exact) mass is 285 g/mol. The Bertz CT molecular complexity index is 379. The van der Waals surface area contributed by atoms with Gasteiger partial charge in [-0.05, 0) is 17.7 Å². The van der Waals surface area contributed by atoms with Gasteiger partial charge in [0, 0.05) is 18.6 Å². The SMILES string of the molecule is C[C@H](C(=O)N(C)C)[C@H](O)c1cccc(Br)c1. The Labute approximate surface area is 104 Å². The van der Waals surface area contributed by atoms with E-state index in [1.54, 1.807) is 21.0 Å². The molecule has 0 aliphatic heterocycles. The van der Waals surface area contributed by atoms with Crippen LogP contribution in [0.4, 0.5) is 0 Å². The van der Waals surface area contributed by atoms with E-state index in [0.717, 1.165) is 10.0 Å². The number of aliphatic hydroxyl groups excluding tert-OH is 1. The number of carbonyl (C=O) groups excluding carboxylic acids is 1. The van der Waals surface area contributed by atoms with Crippen LogP contribution in [0.5, 0.6) is 0 Å². The van der Waals surface area contributed by atoms with E-state index in [-0.39, 0.29) is 5.91 Å². The van der Waals surface area contributed by atoms with Crippen LogP contribution in [0.25, 0.3) is 0 Å². The highest BCUT2D eigenvalue weighted by Crippen LogP contribution is 2.25. The third kappa shape index (κ3) is 3.06. The molecule has 0 bridgehead atoms. The van der Waals surface area contributed by atoms with Gasteiger partial charge in [-0.25, -0.2) is 0 Å². The van der Waals surface area contributed by atoms with Crippen molar-refractivity contribution in [3.05, 3.63) is 34.3 Å². The van der Waals surface area contributed by atoms with Gasteiger partial charge in [-0.2, -0.15) is 0 Å². The van der Waals surface area contributed by atoms with Gasteiger partial charge < -0.3 is 10.0 Å². The molecule has 2 atom stereocenters. The Morgan fingerprint density at radius 3 is 2.56 bits per heavy atom. The Morgan fingerprint density at radius 1 is 1.44 bits per heavy atom. The summed E-state index contributed by atoms with van der Waals surface area (Å²) in [5.41, 5.74) is 0.747. The van der Waals surface area contributed by atoms with Crippen LogP contribution >= 0.6 is 15.9 Å². The van der Waals surface area contributed by atoms with Gasteiger partial charge in [-0.1, -0.05) is 35.0 Å². The van der Waals surface area contributed by atoms with E-state index in [4.69, 9.17) is 0 Å². The zero-order valence-corrected chi connectivity index (χ0v) is 11.2. The molecule has 3 nitrogen and oxygen atoms in total. The average Bonchev–Trinajstić information content (AvgIpc) is 2.26. The van der Waals surface area contributed by atoms with Crippen molar-refractivity contribution < 1.29 is 9.90 Å². The molecule has 1 aromatic carbocycles. The lowest BCUT2D eigenvalue weighted by atomic mass is 9.96. The van der Waals surface area contributed by atoms with Gasteiger partial charge in [0.1, 0.15) is 0 Å². The number of nitrogens with zero attached hydrogens (tertiary/aromatic N) is 1. The van der Waals surface area contributed by atoms with Gasteiger partial charge in [0.15, 0.2) is 0 Å². The van der Waals surface area contributed by atoms with Crippen LogP contribution in [0, 0.1) is 5.92 Å². The van der Waals surface area contributed by atoms with Crippen LogP contribution in [0.3, 0.4) is 0 Å². The molecule has 16 heavy (non-hydrogen) atoms. The molecule has 1 aromatic rings. The molecular formula is C12H16BrNO2. The zero-order valence-electron chi connectivity index (χ0n) is 9.64. The van der Waals surface area contributed by atoms with E-state index in [0.29, 0.717) is 0 Å². The van der Waals surface area contributed by atoms with Crippen LogP contribution in [0.1, 0.15) is 18.6 Å². The van der Waals surface area contributed by atoms with Gasteiger partial charge in [0.05, 0.1) is 12.0 Å². The smallest absolute Gasteiger partial charge is 0.227 e. The quantitative estimate of drug-likeness (QED) is 0.925. The second kappa shape index (κ2) is 5.46. The van der Waals surface area contributed by atoms with Crippen molar-refractivity contribution in [2.75, 3.05) is 14.1 Å². The van der Waals surface area contributed by atoms with Crippen molar-refractivity contribution in [3.8, 4) is 0 Å². The number of carbonyl (C=O) groups is 1. The topological polar surface area (TPSA) is 40.5 Å². The average molecular weight is 286 g/mol. The van der Waals surface area contributed by atoms with Crippen LogP contribution in [-0.2, 0) is 4.79 Å². The third-order valence-corrected chi connectivity index (χ3v) is 2.99. The summed E-state index contributed by atoms with van der Waals surface area (Å²) in [6, 6.07) is 7.36. The summed E-state index contributed by atoms with van der Waals surface area (Å²) in [6.45, 7) is 1.73. The molecule has 0 aliphatic carbocycles. The highest BCUT2D eigenvalue weighted by atomic mass is 79.9. The molecule has 1 amide bonds. The first kappa shape index (κ1) is 13.2. The Morgan fingerprint density at radius 2 is 2.06 bits per heavy atom. The predicted molar refractivity (Wildman–Crippen MR) is 67.0 cm³/mol. The highest BCUT2D eigenvalue weighted by Gasteiger charge is 2.24. The van der Waals surface area contributed by atoms with Crippen molar-refractivity contribution in [3.63, 3.8) is 0 Å². The minimum absolute atomic E-state index is 0.0764. The minimum atomic E-state index is -0.771. The molecule has 0 heterocycles. The summed E-state index contributed by atoms with van der Waals surface area (Å²) in [6.07, 6.45) is -0.771. The number of aliphatic hydroxyl groups is 1. The van der Waals surface area contributed by atoms with E-state index in [1.807, 2.05) is 24.3 Å². The van der Waals surface area contributed by atoms with E-state index < -0.39 is 12.0 Å². The second-order valence-electron chi connectivity index (χ2n) is 4.02. The molecule has 0 aromatic heterocycles. The fraction of sp³-hybridized carbons (Fsp3) is 0.417. The first-order valence-corrected chi connectivity index (χ1v) is 5.87. The minimum Gasteiger partial charge on any atom is -0.388 e. The van der Waals surface area contributed by atoms with Gasteiger partial charge in [-0.3, -0.25) is 4.79 Å². The van der Waals surface area contributed by atoms with Gasteiger partial charge in [0.25, 0.3) is 0 Å². The fourth-order valence-electron chi connectivity index (χ4n) is 1.52. The summed E-state index contributed by atoms with van der Waals surface area (Å²) in [4.78, 5) is 13.2. The van der Waals surface area contributed by atoms with Crippen LogP contribution in [0.2, 0.25) is 0 Å². The van der Waals surface area contributed by atoms with Gasteiger partial charge >= 0.3 is 0 Å². The molecule has 0 spiro atoms. The normalized spacial score (nSPS) is 14.3. The van der Waals surface area contributed by atoms with Crippen molar-refractivity contribution in [2.24, 2.45) is 5.92 Å². The summed E-state index contributed by atoms with van der Waals surface area (Å²) in [5, 5.41) is 10.1. The van der Waals surface area contributed by atoms with Gasteiger partial charge in [-0.15, -0.1) is 0 Å². The molecule has 0 fully saturated rings. The molecule has 88 valence electrons. The number of rotatable bonds is 3. The van der Waals surface area contributed by atoms with Crippen molar-refractivity contribution in [2.45, 2.75) is 13.0 Å². The highest BCUT2D eigenvalue weighted by molar-refractivity contribution is 9.10. The standard InChI is InChI=1S/C12H16BrNO2/c1-8(12(16)14(2)3)11(15)9-5-4-6-10(13)7-9/h4-8,11,15H,1-3H3/t8-,11-/m0/s1. The van der Waals surface area contributed by atoms with E-state index in [2.05, 4.69) is 15.9 Å². The van der Waals surface area contributed by atoms with Crippen molar-refractivity contribution >= 4 is 21.8 Å². The zero-order chi connectivity index (χ0) is 12.3. The van der Waals surface area contributed by atoms with Crippen LogP contribution in [-0.4, -0.2) is 30.0 Å². The summed E-state index contributed by atoms with van der Waals surface area (Å²) < 4.78 is 0.897. The molecule has 0 aliphatic rings. The lowest BCUT2D eigenvalue weighted by Gasteiger charge is -2.22. The predicted octanol–water partition coefficient (Wildman–Crippen LogP) is 2.21. The fourth-order valence-corrected chi connectivity index (χ4v) is 1.94. The molecule has 0 radical (unpaired) electrons. The molecule has 0 saturated carbocycles. The van der Waals surface area contributed by atoms with E-state index >= 15 is 0 Å². The molecule has 1 N–H and O–H groups in total. The largest absolute Gasteiger partial charge is 0.388 e. The third-order valence-electron chi connectivity index (χ3n) is 2.49. The maximum atomic E-state index is 11.7. The van der Waals surface area contributed by atoms with E-state index in [1.165, 1.54) is 4.90 Å². The number of halogens is 1. The van der Waals surface area contributed by atoms with Crippen molar-refractivity contribution in [1.29, 1.82) is 0 Å².